The molecule has 3 aliphatic heterocycles. The second kappa shape index (κ2) is 8.30. The second-order valence-corrected chi connectivity index (χ2v) is 9.12. The predicted octanol–water partition coefficient (Wildman–Crippen LogP) is -0.954. The fourth-order valence-corrected chi connectivity index (χ4v) is 6.08. The molecule has 1 saturated heterocycles. The molecule has 3 heterocycles. The first kappa shape index (κ1) is 22.4. The van der Waals surface area contributed by atoms with Crippen LogP contribution in [0.1, 0.15) is 13.8 Å². The summed E-state index contributed by atoms with van der Waals surface area (Å²) in [4.78, 5) is 27.0. The van der Waals surface area contributed by atoms with Gasteiger partial charge in [0.05, 0.1) is 42.0 Å². The van der Waals surface area contributed by atoms with E-state index in [1.54, 1.807) is 18.9 Å². The molecule has 2 aromatic rings. The molecular formula is C23H21N2NaO4S. The van der Waals surface area contributed by atoms with Gasteiger partial charge in [-0.2, -0.15) is 0 Å². The van der Waals surface area contributed by atoms with E-state index in [1.165, 1.54) is 4.90 Å². The molecule has 0 saturated carbocycles. The minimum absolute atomic E-state index is 0. The summed E-state index contributed by atoms with van der Waals surface area (Å²) in [7, 11) is 0. The van der Waals surface area contributed by atoms with Crippen molar-refractivity contribution in [3.63, 3.8) is 0 Å². The van der Waals surface area contributed by atoms with Crippen molar-refractivity contribution in [1.82, 2.24) is 4.90 Å². The molecule has 0 radical (unpaired) electrons. The second-order valence-electron chi connectivity index (χ2n) is 8.06. The van der Waals surface area contributed by atoms with Crippen LogP contribution in [0.4, 0.5) is 5.69 Å². The van der Waals surface area contributed by atoms with Crippen LogP contribution in [-0.2, 0) is 9.59 Å². The Hall–Kier alpha value is -1.77. The summed E-state index contributed by atoms with van der Waals surface area (Å²) < 4.78 is 2.08. The van der Waals surface area contributed by atoms with Gasteiger partial charge >= 0.3 is 29.6 Å². The number of β-lactam (4-membered cyclic amide) rings is 1. The number of carboxylic acid groups (broad SMARTS) is 1. The van der Waals surface area contributed by atoms with Gasteiger partial charge in [0.1, 0.15) is 0 Å². The maximum Gasteiger partial charge on any atom is 1.00 e. The summed E-state index contributed by atoms with van der Waals surface area (Å²) in [6.07, 6.45) is -0.819. The van der Waals surface area contributed by atoms with Crippen LogP contribution in [0, 0.1) is 11.8 Å². The van der Waals surface area contributed by atoms with Crippen LogP contribution >= 0.6 is 11.9 Å². The van der Waals surface area contributed by atoms with Crippen LogP contribution in [0.25, 0.3) is 11.1 Å². The topological polar surface area (TPSA) is 83.9 Å². The van der Waals surface area contributed by atoms with Crippen LogP contribution in [-0.4, -0.2) is 40.6 Å². The third-order valence-electron chi connectivity index (χ3n) is 6.38. The summed E-state index contributed by atoms with van der Waals surface area (Å²) in [5.74, 6) is -2.44. The number of hydrogen-bond donors (Lipinski definition) is 1. The molecule has 3 aliphatic rings. The van der Waals surface area contributed by atoms with Crippen molar-refractivity contribution in [1.29, 1.82) is 0 Å². The number of para-hydroxylation sites is 1. The minimum atomic E-state index is -1.34. The van der Waals surface area contributed by atoms with Crippen LogP contribution < -0.4 is 39.0 Å². The molecular weight excluding hydrogens is 423 g/mol. The van der Waals surface area contributed by atoms with Crippen molar-refractivity contribution in [2.75, 3.05) is 10.8 Å². The normalized spacial score (nSPS) is 24.6. The SMILES string of the molecule is CC(O)C1C(=O)N2C(C(=O)[O-])=C(CN3Sc4ccccc4-c4ccccc43)[C@H](C)C12.[Na+]. The Labute approximate surface area is 207 Å². The molecule has 1 N–H and O–H groups in total. The molecule has 0 spiro atoms. The molecule has 1 fully saturated rings. The molecule has 8 heteroatoms. The summed E-state index contributed by atoms with van der Waals surface area (Å²) in [5, 5.41) is 22.0. The molecule has 1 amide bonds. The first-order valence-corrected chi connectivity index (χ1v) is 10.8. The number of aliphatic hydroxyl groups is 1. The summed E-state index contributed by atoms with van der Waals surface area (Å²) >= 11 is 1.57. The van der Waals surface area contributed by atoms with Crippen LogP contribution in [0.3, 0.4) is 0 Å². The van der Waals surface area contributed by atoms with Crippen molar-refractivity contribution in [3.05, 3.63) is 59.8 Å². The number of aliphatic hydroxyl groups excluding tert-OH is 1. The average molecular weight is 444 g/mol. The number of anilines is 1. The number of hydrogen-bond acceptors (Lipinski definition) is 6. The van der Waals surface area contributed by atoms with E-state index in [0.717, 1.165) is 21.7 Å². The molecule has 0 aliphatic carbocycles. The van der Waals surface area contributed by atoms with Gasteiger partial charge in [0.15, 0.2) is 0 Å². The molecule has 0 bridgehead atoms. The number of carboxylic acids is 1. The van der Waals surface area contributed by atoms with Gasteiger partial charge in [-0.25, -0.2) is 0 Å². The molecule has 31 heavy (non-hydrogen) atoms. The Balaban J connectivity index is 0.00000231. The monoisotopic (exact) mass is 444 g/mol. The number of rotatable bonds is 4. The number of benzene rings is 2. The van der Waals surface area contributed by atoms with Crippen molar-refractivity contribution >= 4 is 29.5 Å². The van der Waals surface area contributed by atoms with Crippen LogP contribution in [0.2, 0.25) is 0 Å². The fraction of sp³-hybridized carbons (Fsp3) is 0.304. The Morgan fingerprint density at radius 3 is 2.48 bits per heavy atom. The van der Waals surface area contributed by atoms with Crippen molar-refractivity contribution in [2.24, 2.45) is 11.8 Å². The molecule has 2 aromatic carbocycles. The van der Waals surface area contributed by atoms with Gasteiger partial charge in [-0.3, -0.25) is 4.79 Å². The van der Waals surface area contributed by atoms with Gasteiger partial charge in [-0.1, -0.05) is 43.3 Å². The zero-order chi connectivity index (χ0) is 21.2. The first-order valence-electron chi connectivity index (χ1n) is 9.99. The predicted molar refractivity (Wildman–Crippen MR) is 112 cm³/mol. The van der Waals surface area contributed by atoms with Gasteiger partial charge in [-0.05, 0) is 42.1 Å². The Bertz CT molecular complexity index is 1100. The molecule has 4 atom stereocenters. The molecule has 3 unspecified atom stereocenters. The Kier molecular flexibility index (Phi) is 6.00. The van der Waals surface area contributed by atoms with E-state index in [9.17, 15) is 19.8 Å². The maximum absolute atomic E-state index is 12.6. The van der Waals surface area contributed by atoms with Crippen molar-refractivity contribution in [2.45, 2.75) is 30.9 Å². The van der Waals surface area contributed by atoms with Gasteiger partial charge < -0.3 is 24.2 Å². The van der Waals surface area contributed by atoms with E-state index in [4.69, 9.17) is 0 Å². The van der Waals surface area contributed by atoms with Crippen molar-refractivity contribution in [3.8, 4) is 11.1 Å². The Morgan fingerprint density at radius 2 is 1.81 bits per heavy atom. The molecule has 5 rings (SSSR count). The summed E-state index contributed by atoms with van der Waals surface area (Å²) in [6, 6.07) is 15.8. The van der Waals surface area contributed by atoms with Crippen LogP contribution in [0.15, 0.2) is 64.7 Å². The van der Waals surface area contributed by atoms with Crippen molar-refractivity contribution < 1.29 is 49.4 Å². The standard InChI is InChI=1S/C23H22N2O4S.Na/c1-12-16(21(23(28)29)25-20(12)19(13(2)26)22(25)27)11-24-17-9-5-3-7-14(17)15-8-4-6-10-18(15)30-24;/h3-10,12-13,19-20,26H,11H2,1-2H3,(H,28,29);/q;+1/p-1/t12-,13?,19?,20?;/m0./s1. The molecule has 6 nitrogen and oxygen atoms in total. The Morgan fingerprint density at radius 1 is 1.16 bits per heavy atom. The number of aliphatic carboxylic acids is 1. The molecule has 154 valence electrons. The summed E-state index contributed by atoms with van der Waals surface area (Å²) in [5.41, 5.74) is 3.88. The quantitative estimate of drug-likeness (QED) is 0.372. The third-order valence-corrected chi connectivity index (χ3v) is 7.48. The van der Waals surface area contributed by atoms with Crippen LogP contribution in [0.5, 0.6) is 0 Å². The first-order chi connectivity index (χ1) is 14.4. The minimum Gasteiger partial charge on any atom is -0.543 e. The number of carbonyl (C=O) groups is 2. The molecule has 0 aromatic heterocycles. The van der Waals surface area contributed by atoms with E-state index in [0.29, 0.717) is 12.1 Å². The van der Waals surface area contributed by atoms with E-state index >= 15 is 0 Å². The van der Waals surface area contributed by atoms with Gasteiger partial charge in [0.2, 0.25) is 5.91 Å². The van der Waals surface area contributed by atoms with Gasteiger partial charge in [0.25, 0.3) is 0 Å². The van der Waals surface area contributed by atoms with Gasteiger partial charge in [-0.15, -0.1) is 0 Å². The number of carbonyl (C=O) groups excluding carboxylic acids is 2. The number of amides is 1. The number of nitrogens with zero attached hydrogens (tertiary/aromatic N) is 2. The van der Waals surface area contributed by atoms with E-state index < -0.39 is 18.0 Å². The zero-order valence-electron chi connectivity index (χ0n) is 17.6. The maximum atomic E-state index is 12.6. The smallest absolute Gasteiger partial charge is 0.543 e. The van der Waals surface area contributed by atoms with E-state index in [2.05, 4.69) is 22.5 Å². The van der Waals surface area contributed by atoms with Gasteiger partial charge in [0, 0.05) is 16.4 Å². The summed E-state index contributed by atoms with van der Waals surface area (Å²) in [6.45, 7) is 3.86. The van der Waals surface area contributed by atoms with E-state index in [-0.39, 0.29) is 53.1 Å². The largest absolute Gasteiger partial charge is 1.00 e. The third kappa shape index (κ3) is 3.34. The zero-order valence-corrected chi connectivity index (χ0v) is 20.4. The average Bonchev–Trinajstić information content (AvgIpc) is 2.96. The fourth-order valence-electron chi connectivity index (χ4n) is 4.97. The number of fused-ring (bicyclic) bond motifs is 4. The van der Waals surface area contributed by atoms with E-state index in [1.807, 2.05) is 37.3 Å².